The normalized spacial score (nSPS) is 19.6. The Morgan fingerprint density at radius 3 is 2.46 bits per heavy atom. The van der Waals surface area contributed by atoms with Crippen LogP contribution in [0.1, 0.15) is 50.4 Å². The third kappa shape index (κ3) is 4.62. The number of amides is 2. The zero-order valence-electron chi connectivity index (χ0n) is 15.5. The lowest BCUT2D eigenvalue weighted by Crippen LogP contribution is -2.44. The van der Waals surface area contributed by atoms with Crippen LogP contribution in [0, 0.1) is 0 Å². The Morgan fingerprint density at radius 1 is 1.23 bits per heavy atom. The van der Waals surface area contributed by atoms with E-state index in [9.17, 15) is 18.0 Å². The summed E-state index contributed by atoms with van der Waals surface area (Å²) < 4.78 is 27.1. The van der Waals surface area contributed by atoms with Crippen LogP contribution < -0.4 is 10.6 Å². The molecule has 2 rings (SSSR count). The second-order valence-corrected chi connectivity index (χ2v) is 8.47. The van der Waals surface area contributed by atoms with E-state index in [-0.39, 0.29) is 16.8 Å². The Labute approximate surface area is 155 Å². The third-order valence-corrected chi connectivity index (χ3v) is 6.58. The predicted molar refractivity (Wildman–Crippen MR) is 99.3 cm³/mol. The Kier molecular flexibility index (Phi) is 6.77. The molecule has 1 aliphatic rings. The molecule has 8 heteroatoms. The lowest BCUT2D eigenvalue weighted by molar-refractivity contribution is -0.122. The zero-order valence-corrected chi connectivity index (χ0v) is 16.3. The summed E-state index contributed by atoms with van der Waals surface area (Å²) in [6, 6.07) is 5.16. The molecule has 2 N–H and O–H groups in total. The molecule has 0 saturated carbocycles. The second kappa shape index (κ2) is 8.64. The molecule has 144 valence electrons. The number of hydrogen-bond acceptors (Lipinski definition) is 4. The second-order valence-electron chi connectivity index (χ2n) is 6.57. The minimum Gasteiger partial charge on any atom is -0.355 e. The smallest absolute Gasteiger partial charge is 0.251 e. The van der Waals surface area contributed by atoms with Crippen molar-refractivity contribution in [3.63, 3.8) is 0 Å². The lowest BCUT2D eigenvalue weighted by Gasteiger charge is -2.32. The average Bonchev–Trinajstić information content (AvgIpc) is 2.62. The molecule has 1 heterocycles. The van der Waals surface area contributed by atoms with Gasteiger partial charge < -0.3 is 10.6 Å². The molecule has 2 atom stereocenters. The number of rotatable bonds is 6. The molecule has 26 heavy (non-hydrogen) atoms. The van der Waals surface area contributed by atoms with Gasteiger partial charge in [0.2, 0.25) is 15.9 Å². The summed E-state index contributed by atoms with van der Waals surface area (Å²) in [5.74, 6) is -0.682. The monoisotopic (exact) mass is 381 g/mol. The summed E-state index contributed by atoms with van der Waals surface area (Å²) in [5.41, 5.74) is 0.312. The summed E-state index contributed by atoms with van der Waals surface area (Å²) in [5, 5.41) is 5.23. The highest BCUT2D eigenvalue weighted by atomic mass is 32.2. The van der Waals surface area contributed by atoms with Crippen molar-refractivity contribution in [2.75, 3.05) is 13.1 Å². The molecule has 1 fully saturated rings. The summed E-state index contributed by atoms with van der Waals surface area (Å²) in [6.07, 6.45) is 2.76. The van der Waals surface area contributed by atoms with Crippen molar-refractivity contribution >= 4 is 21.8 Å². The van der Waals surface area contributed by atoms with Gasteiger partial charge >= 0.3 is 0 Å². The fourth-order valence-electron chi connectivity index (χ4n) is 3.02. The van der Waals surface area contributed by atoms with Crippen LogP contribution in [0.15, 0.2) is 29.2 Å². The Balaban J connectivity index is 2.10. The maximum atomic E-state index is 12.8. The quantitative estimate of drug-likeness (QED) is 0.781. The van der Waals surface area contributed by atoms with Gasteiger partial charge in [-0.15, -0.1) is 0 Å². The highest BCUT2D eigenvalue weighted by Gasteiger charge is 2.31. The topological polar surface area (TPSA) is 95.6 Å². The molecule has 0 radical (unpaired) electrons. The van der Waals surface area contributed by atoms with E-state index in [0.717, 1.165) is 19.3 Å². The molecule has 0 unspecified atom stereocenters. The van der Waals surface area contributed by atoms with Crippen LogP contribution in [0.25, 0.3) is 0 Å². The molecule has 0 bridgehead atoms. The minimum atomic E-state index is -3.56. The Morgan fingerprint density at radius 2 is 1.88 bits per heavy atom. The van der Waals surface area contributed by atoms with Crippen LogP contribution in [0.2, 0.25) is 0 Å². The van der Waals surface area contributed by atoms with Gasteiger partial charge in [-0.1, -0.05) is 6.42 Å². The number of likely N-dealkylation sites (N-methyl/N-ethyl adjacent to an activating group) is 1. The van der Waals surface area contributed by atoms with Gasteiger partial charge in [-0.05, 0) is 57.9 Å². The van der Waals surface area contributed by atoms with Crippen molar-refractivity contribution in [3.8, 4) is 0 Å². The van der Waals surface area contributed by atoms with E-state index in [1.807, 2.05) is 6.92 Å². The summed E-state index contributed by atoms with van der Waals surface area (Å²) in [4.78, 5) is 24.1. The fraction of sp³-hybridized carbons (Fsp3) is 0.556. The van der Waals surface area contributed by atoms with Gasteiger partial charge in [0.25, 0.3) is 5.91 Å². The van der Waals surface area contributed by atoms with E-state index in [0.29, 0.717) is 18.7 Å². The fourth-order valence-corrected chi connectivity index (χ4v) is 4.71. The molecule has 1 aromatic rings. The number of piperidine rings is 1. The van der Waals surface area contributed by atoms with Gasteiger partial charge in [0.1, 0.15) is 6.04 Å². The molecule has 0 aliphatic carbocycles. The van der Waals surface area contributed by atoms with Gasteiger partial charge in [-0.25, -0.2) is 8.42 Å². The van der Waals surface area contributed by atoms with Gasteiger partial charge in [0.15, 0.2) is 0 Å². The number of benzene rings is 1. The predicted octanol–water partition coefficient (Wildman–Crippen LogP) is 1.50. The maximum absolute atomic E-state index is 12.8. The minimum absolute atomic E-state index is 0.0188. The molecule has 1 saturated heterocycles. The molecule has 7 nitrogen and oxygen atoms in total. The van der Waals surface area contributed by atoms with E-state index >= 15 is 0 Å². The largest absolute Gasteiger partial charge is 0.355 e. The third-order valence-electron chi connectivity index (χ3n) is 4.56. The molecular formula is C18H27N3O4S. The van der Waals surface area contributed by atoms with Gasteiger partial charge in [-0.3, -0.25) is 9.59 Å². The van der Waals surface area contributed by atoms with E-state index in [4.69, 9.17) is 0 Å². The first-order valence-electron chi connectivity index (χ1n) is 8.98. The molecule has 1 aromatic carbocycles. The van der Waals surface area contributed by atoms with Crippen molar-refractivity contribution in [1.82, 2.24) is 14.9 Å². The summed E-state index contributed by atoms with van der Waals surface area (Å²) in [7, 11) is -3.56. The Bertz CT molecular complexity index is 746. The summed E-state index contributed by atoms with van der Waals surface area (Å²) >= 11 is 0. The molecule has 1 aliphatic heterocycles. The highest BCUT2D eigenvalue weighted by molar-refractivity contribution is 7.89. The number of carbonyl (C=O) groups excluding carboxylic acids is 2. The number of nitrogens with one attached hydrogen (secondary N) is 2. The van der Waals surface area contributed by atoms with E-state index < -0.39 is 22.0 Å². The average molecular weight is 381 g/mol. The van der Waals surface area contributed by atoms with E-state index in [2.05, 4.69) is 10.6 Å². The van der Waals surface area contributed by atoms with Crippen LogP contribution in [0.3, 0.4) is 0 Å². The molecule has 2 amide bonds. The van der Waals surface area contributed by atoms with Crippen LogP contribution in [0.4, 0.5) is 0 Å². The standard InChI is InChI=1S/C18H27N3O4S/c1-4-19-17(22)14(3)20-18(23)15-8-10-16(11-9-15)26(24,25)21-12-6-5-7-13(21)2/h8-11,13-14H,4-7,12H2,1-3H3,(H,19,22)(H,20,23)/t13-,14-/m0/s1. The molecule has 0 aromatic heterocycles. The first kappa shape index (κ1) is 20.4. The Hall–Kier alpha value is -1.93. The number of sulfonamides is 1. The first-order chi connectivity index (χ1) is 12.3. The van der Waals surface area contributed by atoms with E-state index in [1.165, 1.54) is 28.6 Å². The SMILES string of the molecule is CCNC(=O)[C@H](C)NC(=O)c1ccc(S(=O)(=O)N2CCCC[C@@H]2C)cc1. The number of hydrogen-bond donors (Lipinski definition) is 2. The number of nitrogens with zero attached hydrogens (tertiary/aromatic N) is 1. The van der Waals surface area contributed by atoms with Crippen LogP contribution in [-0.4, -0.2) is 49.7 Å². The van der Waals surface area contributed by atoms with Gasteiger partial charge in [0.05, 0.1) is 4.90 Å². The van der Waals surface area contributed by atoms with Crippen molar-refractivity contribution < 1.29 is 18.0 Å². The maximum Gasteiger partial charge on any atom is 0.251 e. The highest BCUT2D eigenvalue weighted by Crippen LogP contribution is 2.25. The molecular weight excluding hydrogens is 354 g/mol. The first-order valence-corrected chi connectivity index (χ1v) is 10.4. The lowest BCUT2D eigenvalue weighted by atomic mass is 10.1. The van der Waals surface area contributed by atoms with Gasteiger partial charge in [0, 0.05) is 24.7 Å². The van der Waals surface area contributed by atoms with Crippen molar-refractivity contribution in [3.05, 3.63) is 29.8 Å². The van der Waals surface area contributed by atoms with Crippen LogP contribution in [0.5, 0.6) is 0 Å². The van der Waals surface area contributed by atoms with Gasteiger partial charge in [-0.2, -0.15) is 4.31 Å². The van der Waals surface area contributed by atoms with E-state index in [1.54, 1.807) is 13.8 Å². The van der Waals surface area contributed by atoms with Crippen molar-refractivity contribution in [2.45, 2.75) is 57.0 Å². The summed E-state index contributed by atoms with van der Waals surface area (Å²) in [6.45, 7) is 6.33. The van der Waals surface area contributed by atoms with Crippen molar-refractivity contribution in [1.29, 1.82) is 0 Å². The van der Waals surface area contributed by atoms with Crippen molar-refractivity contribution in [2.24, 2.45) is 0 Å². The van der Waals surface area contributed by atoms with Crippen LogP contribution >= 0.6 is 0 Å². The number of carbonyl (C=O) groups is 2. The van der Waals surface area contributed by atoms with Crippen LogP contribution in [-0.2, 0) is 14.8 Å². The zero-order chi connectivity index (χ0) is 19.3. The molecule has 0 spiro atoms.